The second-order valence-electron chi connectivity index (χ2n) is 9.18. The minimum absolute atomic E-state index is 0.474. The average Bonchev–Trinajstić information content (AvgIpc) is 2.74. The Bertz CT molecular complexity index is 895. The highest BCUT2D eigenvalue weighted by molar-refractivity contribution is 5.64. The monoisotopic (exact) mass is 438 g/mol. The molecule has 0 heterocycles. The van der Waals surface area contributed by atoms with Crippen molar-refractivity contribution in [3.63, 3.8) is 0 Å². The number of halogens is 5. The van der Waals surface area contributed by atoms with E-state index in [9.17, 15) is 22.0 Å². The maximum Gasteiger partial charge on any atom is 0.461 e. The molecular weight excluding hydrogens is 411 g/mol. The maximum atomic E-state index is 14.2. The fourth-order valence-corrected chi connectivity index (χ4v) is 5.33. The lowest BCUT2D eigenvalue weighted by Gasteiger charge is -2.41. The molecule has 2 aromatic carbocycles. The van der Waals surface area contributed by atoms with Crippen LogP contribution < -0.4 is 4.74 Å². The Kier molecular flexibility index (Phi) is 6.27. The summed E-state index contributed by atoms with van der Waals surface area (Å²) in [5.41, 5.74) is 2.48. The Morgan fingerprint density at radius 1 is 0.871 bits per heavy atom. The molecule has 0 aliphatic heterocycles. The zero-order chi connectivity index (χ0) is 22.2. The van der Waals surface area contributed by atoms with E-state index < -0.39 is 24.1 Å². The maximum absolute atomic E-state index is 14.2. The van der Waals surface area contributed by atoms with Gasteiger partial charge in [-0.3, -0.25) is 0 Å². The van der Waals surface area contributed by atoms with E-state index in [1.54, 1.807) is 0 Å². The van der Waals surface area contributed by atoms with Crippen molar-refractivity contribution in [2.45, 2.75) is 63.9 Å². The van der Waals surface area contributed by atoms with Crippen LogP contribution in [-0.2, 0) is 0 Å². The van der Waals surface area contributed by atoms with Crippen molar-refractivity contribution in [3.05, 3.63) is 53.8 Å². The Morgan fingerprint density at radius 2 is 1.52 bits per heavy atom. The standard InChI is InChI=1S/C25H27F5O/c1-15-2-3-20-13-19(9-8-18(20)12-15)16-4-6-17(7-5-16)21-10-11-23(22(26)14-21)31-25(29,30)24(27)28/h4-7,10-11,14-15,18-20,24H,2-3,8-9,12-13H2,1H3. The van der Waals surface area contributed by atoms with Crippen molar-refractivity contribution in [2.75, 3.05) is 0 Å². The summed E-state index contributed by atoms with van der Waals surface area (Å²) in [5, 5.41) is 0. The zero-order valence-electron chi connectivity index (χ0n) is 17.5. The van der Waals surface area contributed by atoms with Gasteiger partial charge in [0.1, 0.15) is 0 Å². The first-order valence-electron chi connectivity index (χ1n) is 11.0. The molecule has 4 atom stereocenters. The third-order valence-electron chi connectivity index (χ3n) is 7.02. The van der Waals surface area contributed by atoms with Gasteiger partial charge in [-0.05, 0) is 84.6 Å². The molecule has 2 saturated carbocycles. The molecule has 0 spiro atoms. The second kappa shape index (κ2) is 8.79. The first-order chi connectivity index (χ1) is 14.7. The fraction of sp³-hybridized carbons (Fsp3) is 0.520. The summed E-state index contributed by atoms with van der Waals surface area (Å²) in [6.45, 7) is 2.35. The van der Waals surface area contributed by atoms with Gasteiger partial charge in [-0.15, -0.1) is 0 Å². The van der Waals surface area contributed by atoms with Crippen LogP contribution in [0.4, 0.5) is 22.0 Å². The van der Waals surface area contributed by atoms with Crippen LogP contribution in [0, 0.1) is 23.6 Å². The molecule has 1 nitrogen and oxygen atoms in total. The molecule has 4 unspecified atom stereocenters. The van der Waals surface area contributed by atoms with Crippen molar-refractivity contribution in [3.8, 4) is 16.9 Å². The van der Waals surface area contributed by atoms with E-state index in [0.29, 0.717) is 11.5 Å². The molecule has 31 heavy (non-hydrogen) atoms. The van der Waals surface area contributed by atoms with E-state index in [0.717, 1.165) is 35.4 Å². The zero-order valence-corrected chi connectivity index (χ0v) is 17.5. The van der Waals surface area contributed by atoms with Gasteiger partial charge in [0.2, 0.25) is 0 Å². The molecule has 0 N–H and O–H groups in total. The van der Waals surface area contributed by atoms with Gasteiger partial charge in [-0.1, -0.05) is 43.7 Å². The number of alkyl halides is 4. The molecule has 6 heteroatoms. The molecular formula is C25H27F5O. The Morgan fingerprint density at radius 3 is 2.19 bits per heavy atom. The van der Waals surface area contributed by atoms with Crippen molar-refractivity contribution >= 4 is 0 Å². The van der Waals surface area contributed by atoms with E-state index in [1.165, 1.54) is 50.2 Å². The van der Waals surface area contributed by atoms with Crippen LogP contribution in [0.2, 0.25) is 0 Å². The number of fused-ring (bicyclic) bond motifs is 1. The molecule has 0 radical (unpaired) electrons. The van der Waals surface area contributed by atoms with E-state index in [1.807, 2.05) is 12.1 Å². The molecule has 0 bridgehead atoms. The van der Waals surface area contributed by atoms with Gasteiger partial charge in [-0.2, -0.15) is 17.6 Å². The molecule has 2 aliphatic carbocycles. The van der Waals surface area contributed by atoms with Gasteiger partial charge in [0, 0.05) is 0 Å². The highest BCUT2D eigenvalue weighted by Gasteiger charge is 2.44. The van der Waals surface area contributed by atoms with Crippen LogP contribution in [-0.4, -0.2) is 12.5 Å². The molecule has 0 amide bonds. The molecule has 2 aromatic rings. The summed E-state index contributed by atoms with van der Waals surface area (Å²) < 4.78 is 68.7. The van der Waals surface area contributed by atoms with Crippen molar-refractivity contribution in [1.82, 2.24) is 0 Å². The fourth-order valence-electron chi connectivity index (χ4n) is 5.33. The van der Waals surface area contributed by atoms with E-state index in [4.69, 9.17) is 0 Å². The van der Waals surface area contributed by atoms with E-state index >= 15 is 0 Å². The highest BCUT2D eigenvalue weighted by Crippen LogP contribution is 2.47. The van der Waals surface area contributed by atoms with E-state index in [2.05, 4.69) is 23.8 Å². The second-order valence-corrected chi connectivity index (χ2v) is 9.18. The summed E-state index contributed by atoms with van der Waals surface area (Å²) in [5.74, 6) is 1.04. The minimum Gasteiger partial charge on any atom is -0.425 e. The van der Waals surface area contributed by atoms with Gasteiger partial charge in [0.15, 0.2) is 11.6 Å². The predicted octanol–water partition coefficient (Wildman–Crippen LogP) is 8.05. The molecule has 2 fully saturated rings. The first-order valence-corrected chi connectivity index (χ1v) is 11.0. The summed E-state index contributed by atoms with van der Waals surface area (Å²) in [4.78, 5) is 0. The van der Waals surface area contributed by atoms with Crippen LogP contribution >= 0.6 is 0 Å². The van der Waals surface area contributed by atoms with Crippen LogP contribution in [0.3, 0.4) is 0 Å². The van der Waals surface area contributed by atoms with E-state index in [-0.39, 0.29) is 0 Å². The van der Waals surface area contributed by atoms with Crippen LogP contribution in [0.1, 0.15) is 56.9 Å². The number of rotatable bonds is 5. The number of hydrogen-bond acceptors (Lipinski definition) is 1. The first kappa shape index (κ1) is 22.1. The topological polar surface area (TPSA) is 9.23 Å². The smallest absolute Gasteiger partial charge is 0.425 e. The molecule has 168 valence electrons. The van der Waals surface area contributed by atoms with Crippen LogP contribution in [0.15, 0.2) is 42.5 Å². The van der Waals surface area contributed by atoms with Gasteiger partial charge in [0.25, 0.3) is 0 Å². The van der Waals surface area contributed by atoms with Gasteiger partial charge < -0.3 is 4.74 Å². The number of ether oxygens (including phenoxy) is 1. The summed E-state index contributed by atoms with van der Waals surface area (Å²) in [6.07, 6.45) is -1.10. The van der Waals surface area contributed by atoms with Crippen LogP contribution in [0.25, 0.3) is 11.1 Å². The lowest BCUT2D eigenvalue weighted by Crippen LogP contribution is -2.33. The van der Waals surface area contributed by atoms with Crippen molar-refractivity contribution in [2.24, 2.45) is 17.8 Å². The molecule has 4 rings (SSSR count). The third kappa shape index (κ3) is 4.88. The largest absolute Gasteiger partial charge is 0.461 e. The van der Waals surface area contributed by atoms with Gasteiger partial charge in [0.05, 0.1) is 0 Å². The SMILES string of the molecule is CC1CCC2CC(c3ccc(-c4ccc(OC(F)(F)C(F)F)c(F)c4)cc3)CCC2C1. The Labute approximate surface area is 179 Å². The van der Waals surface area contributed by atoms with Crippen LogP contribution in [0.5, 0.6) is 5.75 Å². The highest BCUT2D eigenvalue weighted by atomic mass is 19.3. The van der Waals surface area contributed by atoms with Gasteiger partial charge >= 0.3 is 12.5 Å². The number of hydrogen-bond donors (Lipinski definition) is 0. The Balaban J connectivity index is 1.44. The minimum atomic E-state index is -4.74. The summed E-state index contributed by atoms with van der Waals surface area (Å²) >= 11 is 0. The van der Waals surface area contributed by atoms with Crippen molar-refractivity contribution < 1.29 is 26.7 Å². The van der Waals surface area contributed by atoms with Crippen molar-refractivity contribution in [1.29, 1.82) is 0 Å². The third-order valence-corrected chi connectivity index (χ3v) is 7.02. The average molecular weight is 438 g/mol. The lowest BCUT2D eigenvalue weighted by molar-refractivity contribution is -0.254. The summed E-state index contributed by atoms with van der Waals surface area (Å²) in [6, 6.07) is 11.3. The van der Waals surface area contributed by atoms with Gasteiger partial charge in [-0.25, -0.2) is 4.39 Å². The number of benzene rings is 2. The molecule has 0 saturated heterocycles. The lowest BCUT2D eigenvalue weighted by atomic mass is 9.64. The quantitative estimate of drug-likeness (QED) is 0.429. The summed E-state index contributed by atoms with van der Waals surface area (Å²) in [7, 11) is 0. The molecule has 0 aromatic heterocycles. The predicted molar refractivity (Wildman–Crippen MR) is 110 cm³/mol. The molecule has 2 aliphatic rings. The Hall–Kier alpha value is -2.11. The normalized spacial score (nSPS) is 26.5.